The van der Waals surface area contributed by atoms with Crippen LogP contribution in [0.1, 0.15) is 15.9 Å². The third-order valence-electron chi connectivity index (χ3n) is 4.75. The molecule has 2 rings (SSSR count). The molecule has 1 heterocycles. The molecule has 0 aliphatic carbocycles. The Bertz CT molecular complexity index is 1080. The Morgan fingerprint density at radius 2 is 1.69 bits per heavy atom. The summed E-state index contributed by atoms with van der Waals surface area (Å²) in [5.74, 6) is -5.43. The minimum atomic E-state index is -1.15. The van der Waals surface area contributed by atoms with E-state index < -0.39 is 78.3 Å². The van der Waals surface area contributed by atoms with Gasteiger partial charge in [0.1, 0.15) is 25.7 Å². The molecule has 188 valence electrons. The molecular formula is C19H23N7O8S. The van der Waals surface area contributed by atoms with Gasteiger partial charge in [0.2, 0.25) is 29.5 Å². The number of carbonyl (C=O) groups excluding carboxylic acids is 6. The van der Waals surface area contributed by atoms with Gasteiger partial charge in [-0.1, -0.05) is 6.07 Å². The van der Waals surface area contributed by atoms with Gasteiger partial charge in [-0.05, 0) is 5.56 Å². The van der Waals surface area contributed by atoms with Crippen LogP contribution >= 0.6 is 11.8 Å². The Kier molecular flexibility index (Phi) is 9.10. The molecule has 16 heteroatoms. The Balaban J connectivity index is 2.57. The second-order valence-corrected chi connectivity index (χ2v) is 8.51. The third kappa shape index (κ3) is 7.66. The van der Waals surface area contributed by atoms with Gasteiger partial charge < -0.3 is 32.3 Å². The molecule has 0 fully saturated rings. The SMILES string of the molecule is NC(=O)CN1CC(=O)NC(C(N)=O)CSCc2ccc([N+](=O)[O-])cc2C(=O)N(CC(N)=O)CC1=O. The smallest absolute Gasteiger partial charge is 0.270 e. The number of non-ortho nitro benzene ring substituents is 1. The van der Waals surface area contributed by atoms with Gasteiger partial charge in [-0.15, -0.1) is 0 Å². The Morgan fingerprint density at radius 1 is 1.06 bits per heavy atom. The van der Waals surface area contributed by atoms with Crippen molar-refractivity contribution in [1.29, 1.82) is 0 Å². The van der Waals surface area contributed by atoms with Gasteiger partial charge >= 0.3 is 0 Å². The number of nitrogens with two attached hydrogens (primary N) is 3. The number of hydrogen-bond acceptors (Lipinski definition) is 9. The van der Waals surface area contributed by atoms with Crippen LogP contribution in [0.4, 0.5) is 5.69 Å². The van der Waals surface area contributed by atoms with E-state index in [0.29, 0.717) is 5.56 Å². The maximum Gasteiger partial charge on any atom is 0.270 e. The second-order valence-electron chi connectivity index (χ2n) is 7.48. The Hall–Kier alpha value is -4.21. The third-order valence-corrected chi connectivity index (χ3v) is 5.83. The van der Waals surface area contributed by atoms with Gasteiger partial charge in [-0.25, -0.2) is 0 Å². The van der Waals surface area contributed by atoms with E-state index in [1.54, 1.807) is 0 Å². The summed E-state index contributed by atoms with van der Waals surface area (Å²) in [6, 6.07) is 2.34. The summed E-state index contributed by atoms with van der Waals surface area (Å²) in [5, 5.41) is 13.6. The van der Waals surface area contributed by atoms with Crippen molar-refractivity contribution >= 4 is 52.9 Å². The minimum absolute atomic E-state index is 0.0273. The van der Waals surface area contributed by atoms with E-state index in [-0.39, 0.29) is 17.1 Å². The number of nitro benzene ring substituents is 1. The molecule has 0 spiro atoms. The molecule has 6 amide bonds. The summed E-state index contributed by atoms with van der Waals surface area (Å²) in [7, 11) is 0. The van der Waals surface area contributed by atoms with Gasteiger partial charge in [0.05, 0.1) is 17.0 Å². The summed E-state index contributed by atoms with van der Waals surface area (Å²) in [4.78, 5) is 85.5. The molecule has 1 aromatic carbocycles. The second kappa shape index (κ2) is 11.8. The lowest BCUT2D eigenvalue weighted by molar-refractivity contribution is -0.384. The Labute approximate surface area is 202 Å². The van der Waals surface area contributed by atoms with Crippen molar-refractivity contribution in [2.24, 2.45) is 17.2 Å². The summed E-state index contributed by atoms with van der Waals surface area (Å²) >= 11 is 1.10. The van der Waals surface area contributed by atoms with Crippen LogP contribution < -0.4 is 22.5 Å². The van der Waals surface area contributed by atoms with Crippen molar-refractivity contribution in [3.05, 3.63) is 39.4 Å². The molecule has 0 radical (unpaired) electrons. The number of hydrogen-bond donors (Lipinski definition) is 4. The number of fused-ring (bicyclic) bond motifs is 1. The normalized spacial score (nSPS) is 17.7. The molecule has 0 saturated carbocycles. The predicted octanol–water partition coefficient (Wildman–Crippen LogP) is -2.95. The highest BCUT2D eigenvalue weighted by Gasteiger charge is 2.29. The summed E-state index contributed by atoms with van der Waals surface area (Å²) in [6.45, 7) is -2.92. The maximum absolute atomic E-state index is 13.3. The maximum atomic E-state index is 13.3. The van der Waals surface area contributed by atoms with Crippen LogP contribution in [-0.2, 0) is 29.7 Å². The van der Waals surface area contributed by atoms with Crippen molar-refractivity contribution in [2.45, 2.75) is 11.8 Å². The van der Waals surface area contributed by atoms with Crippen LogP contribution in [0.25, 0.3) is 0 Å². The van der Waals surface area contributed by atoms with Crippen molar-refractivity contribution in [2.75, 3.05) is 31.9 Å². The number of thioether (sulfide) groups is 1. The molecule has 1 aliphatic rings. The van der Waals surface area contributed by atoms with Crippen LogP contribution in [0.5, 0.6) is 0 Å². The number of nitro groups is 1. The monoisotopic (exact) mass is 509 g/mol. The zero-order valence-corrected chi connectivity index (χ0v) is 19.1. The lowest BCUT2D eigenvalue weighted by Crippen LogP contribution is -2.53. The number of carbonyl (C=O) groups is 6. The topological polar surface area (TPSA) is 242 Å². The first-order chi connectivity index (χ1) is 16.4. The van der Waals surface area contributed by atoms with E-state index >= 15 is 0 Å². The van der Waals surface area contributed by atoms with E-state index in [2.05, 4.69) is 5.32 Å². The first-order valence-corrected chi connectivity index (χ1v) is 11.1. The molecular weight excluding hydrogens is 486 g/mol. The van der Waals surface area contributed by atoms with E-state index in [1.807, 2.05) is 0 Å². The van der Waals surface area contributed by atoms with Gasteiger partial charge in [0, 0.05) is 23.6 Å². The standard InChI is InChI=1S/C19H23N7O8S/c20-14(27)4-24-6-16(29)23-13(18(22)31)9-35-8-10-1-2-11(26(33)34)3-12(10)19(32)25(5-15(21)28)7-17(24)30/h1-3,13H,4-9H2,(H2,20,27)(H2,21,28)(H2,22,31)(H,23,29). The van der Waals surface area contributed by atoms with Gasteiger partial charge in [0.25, 0.3) is 11.6 Å². The molecule has 0 saturated heterocycles. The molecule has 1 aliphatic heterocycles. The van der Waals surface area contributed by atoms with E-state index in [0.717, 1.165) is 27.6 Å². The van der Waals surface area contributed by atoms with E-state index in [4.69, 9.17) is 17.2 Å². The molecule has 15 nitrogen and oxygen atoms in total. The Morgan fingerprint density at radius 3 is 2.26 bits per heavy atom. The van der Waals surface area contributed by atoms with E-state index in [1.165, 1.54) is 12.1 Å². The van der Waals surface area contributed by atoms with E-state index in [9.17, 15) is 38.9 Å². The van der Waals surface area contributed by atoms with Crippen LogP contribution in [-0.4, -0.2) is 88.1 Å². The van der Waals surface area contributed by atoms with Crippen molar-refractivity contribution in [1.82, 2.24) is 15.1 Å². The highest BCUT2D eigenvalue weighted by Crippen LogP contribution is 2.24. The van der Waals surface area contributed by atoms with Gasteiger partial charge in [-0.3, -0.25) is 38.9 Å². The highest BCUT2D eigenvalue weighted by molar-refractivity contribution is 7.98. The van der Waals surface area contributed by atoms with Crippen LogP contribution in [0.15, 0.2) is 18.2 Å². The van der Waals surface area contributed by atoms with Crippen LogP contribution in [0.3, 0.4) is 0 Å². The van der Waals surface area contributed by atoms with Crippen LogP contribution in [0.2, 0.25) is 0 Å². The lowest BCUT2D eigenvalue weighted by atomic mass is 10.1. The number of primary amides is 3. The largest absolute Gasteiger partial charge is 0.368 e. The molecule has 0 bridgehead atoms. The summed E-state index contributed by atoms with van der Waals surface area (Å²) in [5.41, 5.74) is 15.4. The minimum Gasteiger partial charge on any atom is -0.368 e. The molecule has 7 N–H and O–H groups in total. The zero-order valence-electron chi connectivity index (χ0n) is 18.3. The van der Waals surface area contributed by atoms with Crippen molar-refractivity contribution in [3.63, 3.8) is 0 Å². The molecule has 1 aromatic rings. The first-order valence-electron chi connectivity index (χ1n) is 9.96. The number of rotatable bonds is 6. The molecule has 1 atom stereocenters. The predicted molar refractivity (Wildman–Crippen MR) is 121 cm³/mol. The molecule has 35 heavy (non-hydrogen) atoms. The first kappa shape index (κ1) is 27.0. The van der Waals surface area contributed by atoms with Crippen LogP contribution in [0, 0.1) is 10.1 Å². The van der Waals surface area contributed by atoms with Crippen molar-refractivity contribution in [3.8, 4) is 0 Å². The highest BCUT2D eigenvalue weighted by atomic mass is 32.2. The lowest BCUT2D eigenvalue weighted by Gasteiger charge is -2.27. The number of benzene rings is 1. The average molecular weight is 510 g/mol. The average Bonchev–Trinajstić information content (AvgIpc) is 2.75. The van der Waals surface area contributed by atoms with Gasteiger partial charge in [-0.2, -0.15) is 11.8 Å². The molecule has 0 aromatic heterocycles. The quantitative estimate of drug-likeness (QED) is 0.226. The fourth-order valence-corrected chi connectivity index (χ4v) is 4.21. The summed E-state index contributed by atoms with van der Waals surface area (Å²) < 4.78 is 0. The molecule has 1 unspecified atom stereocenters. The van der Waals surface area contributed by atoms with Crippen molar-refractivity contribution < 1.29 is 33.7 Å². The van der Waals surface area contributed by atoms with Gasteiger partial charge in [0.15, 0.2) is 0 Å². The number of nitrogens with one attached hydrogen (secondary N) is 1. The fraction of sp³-hybridized carbons (Fsp3) is 0.368. The number of nitrogens with zero attached hydrogens (tertiary/aromatic N) is 3. The zero-order chi connectivity index (χ0) is 26.3. The number of amides is 6. The fourth-order valence-electron chi connectivity index (χ4n) is 3.14. The summed E-state index contributed by atoms with van der Waals surface area (Å²) in [6.07, 6.45) is 0.